The van der Waals surface area contributed by atoms with Crippen molar-refractivity contribution in [2.45, 2.75) is 0 Å². The van der Waals surface area contributed by atoms with Crippen LogP contribution in [0.4, 0.5) is 0 Å². The van der Waals surface area contributed by atoms with Crippen LogP contribution in [0.3, 0.4) is 0 Å². The van der Waals surface area contributed by atoms with Crippen LogP contribution in [-0.4, -0.2) is 20.6 Å². The molecule has 18 heavy (non-hydrogen) atoms. The zero-order valence-corrected chi connectivity index (χ0v) is 9.77. The lowest BCUT2D eigenvalue weighted by atomic mass is 10.1. The van der Waals surface area contributed by atoms with Crippen LogP contribution in [0.1, 0.15) is 0 Å². The highest BCUT2D eigenvalue weighted by atomic mass is 15.4. The van der Waals surface area contributed by atoms with Gasteiger partial charge in [0.05, 0.1) is 11.4 Å². The van der Waals surface area contributed by atoms with Gasteiger partial charge in [0, 0.05) is 11.1 Å². The van der Waals surface area contributed by atoms with Crippen LogP contribution in [0, 0.1) is 0 Å². The van der Waals surface area contributed by atoms with Crippen molar-refractivity contribution in [1.82, 2.24) is 20.6 Å². The molecule has 0 amide bonds. The second kappa shape index (κ2) is 4.71. The van der Waals surface area contributed by atoms with Gasteiger partial charge in [0.25, 0.3) is 0 Å². The molecule has 0 aliphatic heterocycles. The summed E-state index contributed by atoms with van der Waals surface area (Å²) in [6, 6.07) is 20.4. The fraction of sp³-hybridized carbons (Fsp3) is 0. The fourth-order valence-electron chi connectivity index (χ4n) is 1.96. The molecule has 1 aromatic heterocycles. The molecule has 0 saturated carbocycles. The van der Waals surface area contributed by atoms with Crippen molar-refractivity contribution in [1.29, 1.82) is 0 Å². The minimum Gasteiger partial charge on any atom is -0.283 e. The van der Waals surface area contributed by atoms with E-state index in [2.05, 4.69) is 44.9 Å². The molecule has 0 aliphatic rings. The molecule has 0 unspecified atom stereocenters. The zero-order valence-electron chi connectivity index (χ0n) is 9.77. The molecule has 0 atom stereocenters. The van der Waals surface area contributed by atoms with Gasteiger partial charge in [-0.25, -0.2) is 10.4 Å². The fourth-order valence-corrected chi connectivity index (χ4v) is 1.96. The van der Waals surface area contributed by atoms with Gasteiger partial charge in [-0.1, -0.05) is 60.7 Å². The second-order valence-corrected chi connectivity index (χ2v) is 3.98. The quantitative estimate of drug-likeness (QED) is 0.528. The van der Waals surface area contributed by atoms with Gasteiger partial charge in [0.2, 0.25) is 0 Å². The van der Waals surface area contributed by atoms with E-state index in [0.29, 0.717) is 0 Å². The van der Waals surface area contributed by atoms with Gasteiger partial charge in [-0.05, 0) is 0 Å². The van der Waals surface area contributed by atoms with Crippen LogP contribution < -0.4 is 0 Å². The third kappa shape index (κ3) is 1.96. The van der Waals surface area contributed by atoms with E-state index < -0.39 is 0 Å². The number of nitrogens with one attached hydrogen (secondary N) is 4. The summed E-state index contributed by atoms with van der Waals surface area (Å²) in [5, 5.41) is 12.0. The maximum atomic E-state index is 3.14. The molecule has 0 fully saturated rings. The van der Waals surface area contributed by atoms with Crippen LogP contribution in [0.5, 0.6) is 0 Å². The summed E-state index contributed by atoms with van der Waals surface area (Å²) < 4.78 is 0. The number of aromatic nitrogens is 4. The van der Waals surface area contributed by atoms with Crippen LogP contribution >= 0.6 is 0 Å². The zero-order chi connectivity index (χ0) is 12.2. The highest BCUT2D eigenvalue weighted by Gasteiger charge is 2.07. The van der Waals surface area contributed by atoms with Crippen LogP contribution in [0.2, 0.25) is 0 Å². The second-order valence-electron chi connectivity index (χ2n) is 3.98. The Hall–Kier alpha value is -2.62. The van der Waals surface area contributed by atoms with E-state index in [1.54, 1.807) is 0 Å². The summed E-state index contributed by atoms with van der Waals surface area (Å²) in [4.78, 5) is 0. The molecule has 4 N–H and O–H groups in total. The Morgan fingerprint density at radius 3 is 1.28 bits per heavy atom. The minimum absolute atomic E-state index is 1.01. The van der Waals surface area contributed by atoms with E-state index in [9.17, 15) is 0 Å². The number of hydrogen-bond acceptors (Lipinski definition) is 0. The molecule has 0 spiro atoms. The van der Waals surface area contributed by atoms with Crippen molar-refractivity contribution in [2.24, 2.45) is 0 Å². The first kappa shape index (κ1) is 10.5. The predicted octanol–water partition coefficient (Wildman–Crippen LogP) is 3.46. The monoisotopic (exact) mass is 238 g/mol. The van der Waals surface area contributed by atoms with Gasteiger partial charge in [-0.15, -0.1) is 0 Å². The topological polar surface area (TPSA) is 63.2 Å². The third-order valence-electron chi connectivity index (χ3n) is 2.81. The van der Waals surface area contributed by atoms with E-state index >= 15 is 0 Å². The molecule has 3 aromatic rings. The molecular weight excluding hydrogens is 224 g/mol. The van der Waals surface area contributed by atoms with Crippen LogP contribution in [-0.2, 0) is 0 Å². The number of aromatic amines is 4. The largest absolute Gasteiger partial charge is 0.283 e. The summed E-state index contributed by atoms with van der Waals surface area (Å²) in [5.41, 5.74) is 4.27. The number of H-pyrrole nitrogens is 4. The standard InChI is InChI=1S/C14H14N4/c1-3-7-11(8-4-1)13-14(16-18-17-15-13)12-9-5-2-6-10-12/h1-10,15-18H. The summed E-state index contributed by atoms with van der Waals surface area (Å²) >= 11 is 0. The van der Waals surface area contributed by atoms with Crippen molar-refractivity contribution in [3.63, 3.8) is 0 Å². The Bertz CT molecular complexity index is 580. The van der Waals surface area contributed by atoms with Crippen molar-refractivity contribution in [3.8, 4) is 22.5 Å². The average molecular weight is 238 g/mol. The molecule has 2 aromatic carbocycles. The summed E-state index contributed by atoms with van der Waals surface area (Å²) in [7, 11) is 0. The lowest BCUT2D eigenvalue weighted by Gasteiger charge is -2.10. The van der Waals surface area contributed by atoms with Gasteiger partial charge < -0.3 is 0 Å². The molecule has 4 nitrogen and oxygen atoms in total. The third-order valence-corrected chi connectivity index (χ3v) is 2.81. The molecule has 90 valence electrons. The Morgan fingerprint density at radius 2 is 0.889 bits per heavy atom. The number of benzene rings is 2. The first-order valence-electron chi connectivity index (χ1n) is 5.82. The van der Waals surface area contributed by atoms with Gasteiger partial charge in [-0.3, -0.25) is 10.2 Å². The average Bonchev–Trinajstić information content (AvgIpc) is 2.49. The highest BCUT2D eigenvalue weighted by molar-refractivity contribution is 5.76. The molecule has 3 rings (SSSR count). The normalized spacial score (nSPS) is 10.2. The summed E-state index contributed by atoms with van der Waals surface area (Å²) in [5.74, 6) is 0. The van der Waals surface area contributed by atoms with Crippen molar-refractivity contribution >= 4 is 0 Å². The molecule has 0 aliphatic carbocycles. The van der Waals surface area contributed by atoms with E-state index in [4.69, 9.17) is 0 Å². The molecule has 0 bridgehead atoms. The first-order valence-corrected chi connectivity index (χ1v) is 5.82. The Balaban J connectivity index is 2.18. The summed E-state index contributed by atoms with van der Waals surface area (Å²) in [6.45, 7) is 0. The van der Waals surface area contributed by atoms with Gasteiger partial charge in [-0.2, -0.15) is 0 Å². The van der Waals surface area contributed by atoms with E-state index in [0.717, 1.165) is 22.5 Å². The first-order chi connectivity index (χ1) is 8.95. The van der Waals surface area contributed by atoms with Crippen molar-refractivity contribution in [2.75, 3.05) is 0 Å². The van der Waals surface area contributed by atoms with Crippen LogP contribution in [0.25, 0.3) is 22.5 Å². The Morgan fingerprint density at radius 1 is 0.500 bits per heavy atom. The summed E-state index contributed by atoms with van der Waals surface area (Å²) in [6.07, 6.45) is 0. The smallest absolute Gasteiger partial charge is 0.0883 e. The Kier molecular flexibility index (Phi) is 2.75. The van der Waals surface area contributed by atoms with Crippen molar-refractivity contribution < 1.29 is 0 Å². The lowest BCUT2D eigenvalue weighted by molar-refractivity contribution is 0.772. The maximum absolute atomic E-state index is 3.14. The molecule has 0 radical (unpaired) electrons. The van der Waals surface area contributed by atoms with Gasteiger partial charge in [0.1, 0.15) is 0 Å². The Labute approximate surface area is 104 Å². The van der Waals surface area contributed by atoms with E-state index in [1.165, 1.54) is 0 Å². The molecule has 1 heterocycles. The maximum Gasteiger partial charge on any atom is 0.0883 e. The molecule has 0 saturated heterocycles. The van der Waals surface area contributed by atoms with Crippen LogP contribution in [0.15, 0.2) is 60.7 Å². The van der Waals surface area contributed by atoms with Gasteiger partial charge >= 0.3 is 0 Å². The lowest BCUT2D eigenvalue weighted by Crippen LogP contribution is -1.98. The SMILES string of the molecule is c1ccc(-c2[nH][nH][nH][nH]c2-c2ccccc2)cc1. The molecule has 4 heteroatoms. The minimum atomic E-state index is 1.01. The number of rotatable bonds is 2. The molecular formula is C14H14N4. The number of hydrogen-bond donors (Lipinski definition) is 4. The van der Waals surface area contributed by atoms with Gasteiger partial charge in [0.15, 0.2) is 0 Å². The van der Waals surface area contributed by atoms with E-state index in [-0.39, 0.29) is 0 Å². The predicted molar refractivity (Wildman–Crippen MR) is 72.3 cm³/mol. The van der Waals surface area contributed by atoms with Crippen molar-refractivity contribution in [3.05, 3.63) is 60.7 Å². The van der Waals surface area contributed by atoms with E-state index in [1.807, 2.05) is 36.4 Å². The highest BCUT2D eigenvalue weighted by Crippen LogP contribution is 2.26.